The molecule has 0 amide bonds. The van der Waals surface area contributed by atoms with E-state index in [1.54, 1.807) is 0 Å². The molecule has 0 unspecified atom stereocenters. The summed E-state index contributed by atoms with van der Waals surface area (Å²) in [4.78, 5) is 4.27. The summed E-state index contributed by atoms with van der Waals surface area (Å²) >= 11 is 1.25. The molecule has 94 valence electrons. The Balaban J connectivity index is 2.08. The van der Waals surface area contributed by atoms with Gasteiger partial charge < -0.3 is 16.1 Å². The van der Waals surface area contributed by atoms with Crippen molar-refractivity contribution in [2.45, 2.75) is 12.7 Å². The summed E-state index contributed by atoms with van der Waals surface area (Å²) < 4.78 is 5.11. The number of hydrogen-bond acceptors (Lipinski definition) is 6. The fraction of sp³-hybridized carbons (Fsp3) is 0.182. The monoisotopic (exact) mass is 263 g/mol. The molecule has 2 aromatic rings. The first-order valence-corrected chi connectivity index (χ1v) is 6.23. The fourth-order valence-electron chi connectivity index (χ4n) is 1.31. The molecule has 1 aromatic carbocycles. The third-order valence-electron chi connectivity index (χ3n) is 2.25. The number of aromatic nitrogens is 2. The van der Waals surface area contributed by atoms with Gasteiger partial charge in [0.05, 0.1) is 5.75 Å². The second kappa shape index (κ2) is 5.54. The van der Waals surface area contributed by atoms with Gasteiger partial charge in [-0.05, 0) is 6.92 Å². The molecule has 0 radical (unpaired) electrons. The minimum absolute atomic E-state index is 0.282. The van der Waals surface area contributed by atoms with Crippen LogP contribution in [0, 0.1) is 6.92 Å². The molecule has 0 saturated carbocycles. The maximum Gasteiger partial charge on any atom is 0.237 e. The van der Waals surface area contributed by atoms with Crippen molar-refractivity contribution >= 4 is 16.9 Å². The fourth-order valence-corrected chi connectivity index (χ4v) is 1.77. The summed E-state index contributed by atoms with van der Waals surface area (Å²) in [6.07, 6.45) is 0. The van der Waals surface area contributed by atoms with Crippen LogP contribution in [0.5, 0.6) is 0 Å². The van der Waals surface area contributed by atoms with Crippen LogP contribution in [0.25, 0.3) is 11.4 Å². The number of rotatable bonds is 3. The summed E-state index contributed by atoms with van der Waals surface area (Å²) in [6.45, 7) is 2.02. The molecule has 18 heavy (non-hydrogen) atoms. The molecule has 0 aliphatic heterocycles. The standard InChI is InChI=1S/C11H13N5OS/c1-7-2-4-8(5-3-7)10-14-9(17-16-10)6-18-11(12)15-13/h2-5H,6,13H2,1H3,(H2,12,15). The largest absolute Gasteiger partial charge is 0.377 e. The molecule has 0 spiro atoms. The van der Waals surface area contributed by atoms with Gasteiger partial charge in [-0.1, -0.05) is 46.7 Å². The first kappa shape index (κ1) is 12.4. The first-order valence-electron chi connectivity index (χ1n) is 5.25. The number of aryl methyl sites for hydroxylation is 1. The highest BCUT2D eigenvalue weighted by Crippen LogP contribution is 2.18. The van der Waals surface area contributed by atoms with Crippen LogP contribution in [0.15, 0.2) is 33.9 Å². The Kier molecular flexibility index (Phi) is 3.83. The van der Waals surface area contributed by atoms with Gasteiger partial charge in [-0.15, -0.1) is 0 Å². The van der Waals surface area contributed by atoms with Gasteiger partial charge in [0.15, 0.2) is 5.17 Å². The minimum Gasteiger partial charge on any atom is -0.377 e. The molecule has 0 aliphatic carbocycles. The Morgan fingerprint density at radius 1 is 1.39 bits per heavy atom. The maximum atomic E-state index is 5.45. The number of thioether (sulfide) groups is 1. The highest BCUT2D eigenvalue weighted by Gasteiger charge is 2.09. The molecule has 0 bridgehead atoms. The van der Waals surface area contributed by atoms with Gasteiger partial charge in [0.25, 0.3) is 0 Å². The molecule has 0 saturated heterocycles. The topological polar surface area (TPSA) is 103 Å². The van der Waals surface area contributed by atoms with Crippen LogP contribution in [-0.2, 0) is 5.75 Å². The van der Waals surface area contributed by atoms with E-state index in [1.807, 2.05) is 31.2 Å². The van der Waals surface area contributed by atoms with Crippen molar-refractivity contribution < 1.29 is 4.52 Å². The molecule has 4 N–H and O–H groups in total. The van der Waals surface area contributed by atoms with E-state index >= 15 is 0 Å². The van der Waals surface area contributed by atoms with E-state index in [0.717, 1.165) is 5.56 Å². The minimum atomic E-state index is 0.282. The van der Waals surface area contributed by atoms with Crippen molar-refractivity contribution in [1.82, 2.24) is 10.1 Å². The first-order chi connectivity index (χ1) is 8.69. The Morgan fingerprint density at radius 3 is 2.78 bits per heavy atom. The molecule has 1 heterocycles. The second-order valence-corrected chi connectivity index (χ2v) is 4.63. The normalized spacial score (nSPS) is 11.7. The van der Waals surface area contributed by atoms with E-state index in [4.69, 9.17) is 16.1 Å². The van der Waals surface area contributed by atoms with Crippen molar-refractivity contribution in [3.05, 3.63) is 35.7 Å². The van der Waals surface area contributed by atoms with E-state index in [9.17, 15) is 0 Å². The van der Waals surface area contributed by atoms with E-state index < -0.39 is 0 Å². The Bertz CT molecular complexity index is 549. The molecule has 6 nitrogen and oxygen atoms in total. The number of nitrogens with two attached hydrogens (primary N) is 2. The van der Waals surface area contributed by atoms with E-state index in [1.165, 1.54) is 17.3 Å². The zero-order valence-corrected chi connectivity index (χ0v) is 10.6. The van der Waals surface area contributed by atoms with Crippen molar-refractivity contribution in [3.63, 3.8) is 0 Å². The lowest BCUT2D eigenvalue weighted by Gasteiger charge is -1.94. The van der Waals surface area contributed by atoms with Crippen LogP contribution < -0.4 is 11.6 Å². The quantitative estimate of drug-likeness (QED) is 0.376. The van der Waals surface area contributed by atoms with Gasteiger partial charge in [0.1, 0.15) is 0 Å². The number of hydrazone groups is 1. The van der Waals surface area contributed by atoms with Gasteiger partial charge in [-0.2, -0.15) is 10.1 Å². The summed E-state index contributed by atoms with van der Waals surface area (Å²) in [5.41, 5.74) is 7.56. The maximum absolute atomic E-state index is 5.45. The lowest BCUT2D eigenvalue weighted by Crippen LogP contribution is -2.09. The highest BCUT2D eigenvalue weighted by molar-refractivity contribution is 8.13. The third-order valence-corrected chi connectivity index (χ3v) is 3.04. The predicted molar refractivity (Wildman–Crippen MR) is 71.6 cm³/mol. The lowest BCUT2D eigenvalue weighted by molar-refractivity contribution is 0.392. The lowest BCUT2D eigenvalue weighted by atomic mass is 10.1. The zero-order valence-electron chi connectivity index (χ0n) is 9.83. The summed E-state index contributed by atoms with van der Waals surface area (Å²) in [5.74, 6) is 6.52. The molecule has 0 aliphatic rings. The predicted octanol–water partition coefficient (Wildman–Crippen LogP) is 1.47. The molecule has 7 heteroatoms. The highest BCUT2D eigenvalue weighted by atomic mass is 32.2. The third kappa shape index (κ3) is 3.01. The summed E-state index contributed by atoms with van der Waals surface area (Å²) in [6, 6.07) is 7.90. The van der Waals surface area contributed by atoms with Crippen molar-refractivity contribution in [1.29, 1.82) is 0 Å². The van der Waals surface area contributed by atoms with Crippen LogP contribution in [0.2, 0.25) is 0 Å². The van der Waals surface area contributed by atoms with Crippen LogP contribution >= 0.6 is 11.8 Å². The SMILES string of the molecule is Cc1ccc(-c2noc(CSC(N)=NN)n2)cc1. The Morgan fingerprint density at radius 2 is 2.11 bits per heavy atom. The Hall–Kier alpha value is -2.02. The van der Waals surface area contributed by atoms with E-state index in [-0.39, 0.29) is 5.17 Å². The molecular weight excluding hydrogens is 250 g/mol. The summed E-state index contributed by atoms with van der Waals surface area (Å²) in [7, 11) is 0. The molecular formula is C11H13N5OS. The van der Waals surface area contributed by atoms with E-state index in [0.29, 0.717) is 17.5 Å². The van der Waals surface area contributed by atoms with Crippen molar-refractivity contribution in [2.75, 3.05) is 0 Å². The number of amidine groups is 1. The Labute approximate surface area is 108 Å². The number of benzene rings is 1. The van der Waals surface area contributed by atoms with Gasteiger partial charge >= 0.3 is 0 Å². The zero-order chi connectivity index (χ0) is 13.0. The summed E-state index contributed by atoms with van der Waals surface area (Å²) in [5, 5.41) is 7.54. The van der Waals surface area contributed by atoms with Crippen molar-refractivity contribution in [2.24, 2.45) is 16.7 Å². The van der Waals surface area contributed by atoms with Gasteiger partial charge in [0, 0.05) is 5.56 Å². The van der Waals surface area contributed by atoms with Crippen molar-refractivity contribution in [3.8, 4) is 11.4 Å². The van der Waals surface area contributed by atoms with Gasteiger partial charge in [-0.25, -0.2) is 0 Å². The molecule has 0 fully saturated rings. The second-order valence-electron chi connectivity index (χ2n) is 3.63. The van der Waals surface area contributed by atoms with Crippen LogP contribution in [0.4, 0.5) is 0 Å². The smallest absolute Gasteiger partial charge is 0.237 e. The van der Waals surface area contributed by atoms with Crippen LogP contribution in [0.3, 0.4) is 0 Å². The molecule has 1 aromatic heterocycles. The molecule has 0 atom stereocenters. The molecule has 2 rings (SSSR count). The number of hydrogen-bond donors (Lipinski definition) is 2. The number of nitrogens with zero attached hydrogens (tertiary/aromatic N) is 3. The van der Waals surface area contributed by atoms with Gasteiger partial charge in [0.2, 0.25) is 11.7 Å². The van der Waals surface area contributed by atoms with Crippen LogP contribution in [0.1, 0.15) is 11.5 Å². The van der Waals surface area contributed by atoms with Gasteiger partial charge in [-0.3, -0.25) is 0 Å². The average Bonchev–Trinajstić information content (AvgIpc) is 2.85. The van der Waals surface area contributed by atoms with Crippen LogP contribution in [-0.4, -0.2) is 15.3 Å². The average molecular weight is 263 g/mol. The van der Waals surface area contributed by atoms with E-state index in [2.05, 4.69) is 15.2 Å².